The summed E-state index contributed by atoms with van der Waals surface area (Å²) >= 11 is 0. The highest BCUT2D eigenvalue weighted by molar-refractivity contribution is 8.93. The molecule has 0 aromatic heterocycles. The van der Waals surface area contributed by atoms with E-state index in [4.69, 9.17) is 10.5 Å². The highest BCUT2D eigenvalue weighted by atomic mass is 79.9. The molecule has 0 aliphatic heterocycles. The molecule has 0 rings (SSSR count). The zero-order chi connectivity index (χ0) is 14.0. The summed E-state index contributed by atoms with van der Waals surface area (Å²) < 4.78 is 5.48. The van der Waals surface area contributed by atoms with Crippen molar-refractivity contribution in [2.45, 2.75) is 77.6 Å². The lowest BCUT2D eigenvalue weighted by molar-refractivity contribution is 0.129. The molecule has 0 aliphatic carbocycles. The molecule has 0 unspecified atom stereocenters. The van der Waals surface area contributed by atoms with E-state index in [0.29, 0.717) is 0 Å². The van der Waals surface area contributed by atoms with Crippen molar-refractivity contribution in [1.29, 1.82) is 0 Å². The Kier molecular flexibility index (Phi) is 24.0. The Labute approximate surface area is 137 Å². The fourth-order valence-electron chi connectivity index (χ4n) is 2.02. The Bertz CT molecular complexity index is 186. The van der Waals surface area contributed by atoms with Gasteiger partial charge in [-0.2, -0.15) is 0 Å². The van der Waals surface area contributed by atoms with Crippen LogP contribution in [0.2, 0.25) is 0 Å². The van der Waals surface area contributed by atoms with Gasteiger partial charge in [0.25, 0.3) is 0 Å². The van der Waals surface area contributed by atoms with Gasteiger partial charge in [-0.05, 0) is 38.6 Å². The third-order valence-electron chi connectivity index (χ3n) is 3.29. The van der Waals surface area contributed by atoms with E-state index in [-0.39, 0.29) is 17.0 Å². The summed E-state index contributed by atoms with van der Waals surface area (Å²) in [5.74, 6) is 0. The molecule has 0 aromatic rings. The monoisotopic (exact) mass is 349 g/mol. The van der Waals surface area contributed by atoms with Gasteiger partial charge in [-0.25, -0.2) is 0 Å². The molecule has 0 saturated heterocycles. The topological polar surface area (TPSA) is 35.2 Å². The van der Waals surface area contributed by atoms with E-state index in [1.807, 2.05) is 0 Å². The van der Waals surface area contributed by atoms with Gasteiger partial charge in [-0.15, -0.1) is 17.0 Å². The number of hydrogen-bond acceptors (Lipinski definition) is 2. The molecule has 3 heteroatoms. The van der Waals surface area contributed by atoms with Crippen molar-refractivity contribution in [2.75, 3.05) is 19.8 Å². The maximum atomic E-state index is 5.48. The van der Waals surface area contributed by atoms with E-state index >= 15 is 0 Å². The molecule has 2 N–H and O–H groups in total. The third kappa shape index (κ3) is 20.5. The largest absolute Gasteiger partial charge is 0.381 e. The molecule has 122 valence electrons. The summed E-state index contributed by atoms with van der Waals surface area (Å²) in [5, 5.41) is 0. The highest BCUT2D eigenvalue weighted by Crippen LogP contribution is 2.08. The Morgan fingerprint density at radius 3 is 1.95 bits per heavy atom. The molecule has 2 nitrogen and oxygen atoms in total. The molecule has 0 aromatic carbocycles. The molecule has 20 heavy (non-hydrogen) atoms. The lowest BCUT2D eigenvalue weighted by Crippen LogP contribution is -2.04. The molecule has 0 saturated carbocycles. The number of nitrogens with two attached hydrogens (primary N) is 1. The average molecular weight is 350 g/mol. The van der Waals surface area contributed by atoms with Crippen LogP contribution in [0.3, 0.4) is 0 Å². The molecule has 0 atom stereocenters. The number of allylic oxidation sites excluding steroid dienone is 2. The zero-order valence-electron chi connectivity index (χ0n) is 13.4. The number of rotatable bonds is 15. The van der Waals surface area contributed by atoms with E-state index in [1.54, 1.807) is 0 Å². The number of halogens is 1. The van der Waals surface area contributed by atoms with Gasteiger partial charge in [0.05, 0.1) is 0 Å². The van der Waals surface area contributed by atoms with Gasteiger partial charge in [-0.1, -0.05) is 57.6 Å². The second-order valence-corrected chi connectivity index (χ2v) is 5.28. The summed E-state index contributed by atoms with van der Waals surface area (Å²) in [6, 6.07) is 0. The lowest BCUT2D eigenvalue weighted by Gasteiger charge is -2.03. The lowest BCUT2D eigenvalue weighted by atomic mass is 10.1. The van der Waals surface area contributed by atoms with Crippen LogP contribution in [0.25, 0.3) is 0 Å². The van der Waals surface area contributed by atoms with Crippen LogP contribution in [-0.2, 0) is 4.74 Å². The first kappa shape index (κ1) is 22.4. The van der Waals surface area contributed by atoms with Crippen LogP contribution >= 0.6 is 17.0 Å². The first-order chi connectivity index (χ1) is 9.41. The summed E-state index contributed by atoms with van der Waals surface area (Å²) in [4.78, 5) is 0. The smallest absolute Gasteiger partial charge is 0.0478 e. The second kappa shape index (κ2) is 21.4. The highest BCUT2D eigenvalue weighted by Gasteiger charge is 1.92. The van der Waals surface area contributed by atoms with Crippen LogP contribution in [0.15, 0.2) is 12.2 Å². The van der Waals surface area contributed by atoms with Gasteiger partial charge in [0.15, 0.2) is 0 Å². The fourth-order valence-corrected chi connectivity index (χ4v) is 2.02. The van der Waals surface area contributed by atoms with Crippen molar-refractivity contribution in [3.63, 3.8) is 0 Å². The minimum atomic E-state index is 0. The quantitative estimate of drug-likeness (QED) is 0.317. The molecule has 0 spiro atoms. The van der Waals surface area contributed by atoms with E-state index < -0.39 is 0 Å². The Balaban J connectivity index is 0. The SMILES string of the molecule is Br.CCCC/C=C\CCCCCCCCOCCCN. The van der Waals surface area contributed by atoms with E-state index in [2.05, 4.69) is 19.1 Å². The van der Waals surface area contributed by atoms with Crippen LogP contribution in [0.5, 0.6) is 0 Å². The fraction of sp³-hybridized carbons (Fsp3) is 0.882. The van der Waals surface area contributed by atoms with Gasteiger partial charge < -0.3 is 10.5 Å². The normalized spacial score (nSPS) is 10.9. The zero-order valence-corrected chi connectivity index (χ0v) is 15.2. The number of unbranched alkanes of at least 4 members (excludes halogenated alkanes) is 8. The van der Waals surface area contributed by atoms with E-state index in [9.17, 15) is 0 Å². The van der Waals surface area contributed by atoms with Crippen LogP contribution in [0.1, 0.15) is 77.6 Å². The maximum absolute atomic E-state index is 5.48. The summed E-state index contributed by atoms with van der Waals surface area (Å²) in [5.41, 5.74) is 5.40. The van der Waals surface area contributed by atoms with Crippen LogP contribution in [-0.4, -0.2) is 19.8 Å². The van der Waals surface area contributed by atoms with Crippen LogP contribution < -0.4 is 5.73 Å². The van der Waals surface area contributed by atoms with Crippen molar-refractivity contribution in [2.24, 2.45) is 5.73 Å². The molecular formula is C17H36BrNO. The summed E-state index contributed by atoms with van der Waals surface area (Å²) in [6.45, 7) is 4.74. The molecule has 0 amide bonds. The van der Waals surface area contributed by atoms with Crippen molar-refractivity contribution in [3.05, 3.63) is 12.2 Å². The van der Waals surface area contributed by atoms with Gasteiger partial charge in [0.2, 0.25) is 0 Å². The van der Waals surface area contributed by atoms with Crippen LogP contribution in [0.4, 0.5) is 0 Å². The molecule has 0 aliphatic rings. The summed E-state index contributed by atoms with van der Waals surface area (Å²) in [7, 11) is 0. The van der Waals surface area contributed by atoms with Gasteiger partial charge in [0.1, 0.15) is 0 Å². The molecule has 0 fully saturated rings. The predicted molar refractivity (Wildman–Crippen MR) is 95.8 cm³/mol. The van der Waals surface area contributed by atoms with Crippen LogP contribution in [0, 0.1) is 0 Å². The third-order valence-corrected chi connectivity index (χ3v) is 3.29. The number of hydrogen-bond donors (Lipinski definition) is 1. The molecular weight excluding hydrogens is 314 g/mol. The van der Waals surface area contributed by atoms with Gasteiger partial charge >= 0.3 is 0 Å². The Morgan fingerprint density at radius 2 is 1.30 bits per heavy atom. The standard InChI is InChI=1S/C17H35NO.BrH/c1-2-3-4-5-6-7-8-9-10-11-12-13-16-19-17-14-15-18;/h5-6H,2-4,7-18H2,1H3;1H/b6-5-;. The minimum Gasteiger partial charge on any atom is -0.381 e. The first-order valence-corrected chi connectivity index (χ1v) is 8.34. The minimum absolute atomic E-state index is 0. The van der Waals surface area contributed by atoms with Crippen molar-refractivity contribution in [3.8, 4) is 0 Å². The van der Waals surface area contributed by atoms with Crippen molar-refractivity contribution < 1.29 is 4.74 Å². The number of ether oxygens (including phenoxy) is 1. The maximum Gasteiger partial charge on any atom is 0.0478 e. The second-order valence-electron chi connectivity index (χ2n) is 5.28. The Hall–Kier alpha value is 0.140. The van der Waals surface area contributed by atoms with Crippen molar-refractivity contribution in [1.82, 2.24) is 0 Å². The van der Waals surface area contributed by atoms with Crippen molar-refractivity contribution >= 4 is 17.0 Å². The van der Waals surface area contributed by atoms with E-state index in [1.165, 1.54) is 64.2 Å². The first-order valence-electron chi connectivity index (χ1n) is 8.34. The molecule has 0 heterocycles. The molecule has 0 radical (unpaired) electrons. The predicted octanol–water partition coefficient (Wildman–Crippen LogP) is 5.41. The Morgan fingerprint density at radius 1 is 0.750 bits per heavy atom. The van der Waals surface area contributed by atoms with Gasteiger partial charge in [-0.3, -0.25) is 0 Å². The van der Waals surface area contributed by atoms with Gasteiger partial charge in [0, 0.05) is 13.2 Å². The van der Waals surface area contributed by atoms with E-state index in [0.717, 1.165) is 26.2 Å². The molecule has 0 bridgehead atoms. The average Bonchev–Trinajstić information content (AvgIpc) is 2.43. The summed E-state index contributed by atoms with van der Waals surface area (Å²) in [6.07, 6.45) is 18.9.